The molecule has 0 N–H and O–H groups in total. The molecule has 0 bridgehead atoms. The Morgan fingerprint density at radius 2 is 1.47 bits per heavy atom. The van der Waals surface area contributed by atoms with Crippen LogP contribution in [0.4, 0.5) is 0 Å². The van der Waals surface area contributed by atoms with E-state index in [-0.39, 0.29) is 26.2 Å². The molecule has 0 nitrogen and oxygen atoms in total. The molecule has 0 aromatic rings. The molecule has 1 aliphatic rings. The van der Waals surface area contributed by atoms with Gasteiger partial charge in [0.15, 0.2) is 0 Å². The number of unbranched alkanes of at least 4 members (excludes halogenated alkanes) is 2. The monoisotopic (exact) mass is 310 g/mol. The third kappa shape index (κ3) is 4.20. The average molecular weight is 312 g/mol. The molecule has 0 saturated carbocycles. The second kappa shape index (κ2) is 8.46. The predicted octanol–water partition coefficient (Wildman–Crippen LogP) is 5.65. The Balaban J connectivity index is 0.00000256. The van der Waals surface area contributed by atoms with E-state index in [0.29, 0.717) is 0 Å². The predicted molar refractivity (Wildman–Crippen MR) is 73.6 cm³/mol. The third-order valence-electron chi connectivity index (χ3n) is 4.16. The van der Waals surface area contributed by atoms with Crippen LogP contribution < -0.4 is 0 Å². The van der Waals surface area contributed by atoms with Gasteiger partial charge in [-0.1, -0.05) is 44.8 Å². The average Bonchev–Trinajstić information content (AvgIpc) is 2.47. The van der Waals surface area contributed by atoms with Crippen LogP contribution in [-0.4, -0.2) is 0 Å². The zero-order valence-corrected chi connectivity index (χ0v) is 14.8. The second-order valence-electron chi connectivity index (χ2n) is 5.24. The van der Waals surface area contributed by atoms with E-state index >= 15 is 0 Å². The molecule has 1 unspecified atom stereocenters. The Morgan fingerprint density at radius 1 is 0.941 bits per heavy atom. The minimum Gasteiger partial charge on any atom is -0.0654 e. The van der Waals surface area contributed by atoms with Crippen molar-refractivity contribution in [3.05, 3.63) is 22.3 Å². The molecule has 0 amide bonds. The van der Waals surface area contributed by atoms with Crippen molar-refractivity contribution in [2.45, 2.75) is 73.1 Å². The van der Waals surface area contributed by atoms with Crippen LogP contribution in [0.2, 0.25) is 0 Å². The molecule has 0 fully saturated rings. The summed E-state index contributed by atoms with van der Waals surface area (Å²) in [5, 5.41) is 0. The summed E-state index contributed by atoms with van der Waals surface area (Å²) in [4.78, 5) is 0. The first-order valence-corrected chi connectivity index (χ1v) is 7.03. The van der Waals surface area contributed by atoms with E-state index in [9.17, 15) is 0 Å². The molecule has 1 rings (SSSR count). The van der Waals surface area contributed by atoms with Gasteiger partial charge in [-0.15, -0.1) is 0 Å². The summed E-state index contributed by atoms with van der Waals surface area (Å²) in [7, 11) is 0. The summed E-state index contributed by atoms with van der Waals surface area (Å²) in [6, 6.07) is 0. The maximum absolute atomic E-state index is 2.39. The van der Waals surface area contributed by atoms with Crippen LogP contribution in [0.25, 0.3) is 0 Å². The van der Waals surface area contributed by atoms with Crippen LogP contribution in [0.3, 0.4) is 0 Å². The van der Waals surface area contributed by atoms with Gasteiger partial charge >= 0.3 is 0 Å². The van der Waals surface area contributed by atoms with Crippen LogP contribution in [0.15, 0.2) is 22.3 Å². The van der Waals surface area contributed by atoms with Gasteiger partial charge in [-0.25, -0.2) is 0 Å². The SMILES string of the molecule is CCCCC1=C(C)C(C)C(CCCC)=C1C.[Zr]. The molecule has 0 aromatic heterocycles. The standard InChI is InChI=1S/C16H28.Zr/c1-6-8-10-15-12(3)13(4)16(14(15)5)11-9-7-2;/h12H,6-11H2,1-5H3;. The number of hydrogen-bond donors (Lipinski definition) is 0. The van der Waals surface area contributed by atoms with Crippen molar-refractivity contribution in [2.75, 3.05) is 0 Å². The van der Waals surface area contributed by atoms with E-state index in [1.165, 1.54) is 38.5 Å². The van der Waals surface area contributed by atoms with Crippen LogP contribution in [-0.2, 0) is 26.2 Å². The first-order chi connectivity index (χ1) is 7.63. The first-order valence-electron chi connectivity index (χ1n) is 7.03. The minimum absolute atomic E-state index is 0. The van der Waals surface area contributed by atoms with Gasteiger partial charge in [0.1, 0.15) is 0 Å². The van der Waals surface area contributed by atoms with Crippen molar-refractivity contribution in [3.8, 4) is 0 Å². The third-order valence-corrected chi connectivity index (χ3v) is 4.16. The van der Waals surface area contributed by atoms with Crippen molar-refractivity contribution in [1.29, 1.82) is 0 Å². The van der Waals surface area contributed by atoms with Gasteiger partial charge in [0.05, 0.1) is 0 Å². The van der Waals surface area contributed by atoms with Crippen LogP contribution in [0, 0.1) is 5.92 Å². The molecule has 1 atom stereocenters. The van der Waals surface area contributed by atoms with Crippen molar-refractivity contribution in [2.24, 2.45) is 5.92 Å². The summed E-state index contributed by atoms with van der Waals surface area (Å²) in [5.74, 6) is 0.721. The fraction of sp³-hybridized carbons (Fsp3) is 0.750. The molecule has 0 aliphatic heterocycles. The van der Waals surface area contributed by atoms with Crippen molar-refractivity contribution in [1.82, 2.24) is 0 Å². The molecule has 0 spiro atoms. The molecular weight excluding hydrogens is 283 g/mol. The molecule has 17 heavy (non-hydrogen) atoms. The fourth-order valence-corrected chi connectivity index (χ4v) is 2.85. The fourth-order valence-electron chi connectivity index (χ4n) is 2.85. The van der Waals surface area contributed by atoms with Gasteiger partial charge in [0, 0.05) is 26.2 Å². The minimum atomic E-state index is 0. The number of allylic oxidation sites excluding steroid dienone is 4. The Kier molecular flexibility index (Phi) is 8.64. The normalized spacial score (nSPS) is 19.9. The second-order valence-corrected chi connectivity index (χ2v) is 5.24. The molecular formula is C16H28Zr. The maximum Gasteiger partial charge on any atom is 0 e. The quantitative estimate of drug-likeness (QED) is 0.595. The Hall–Kier alpha value is 0.363. The summed E-state index contributed by atoms with van der Waals surface area (Å²) < 4.78 is 0. The van der Waals surface area contributed by atoms with Crippen molar-refractivity contribution < 1.29 is 26.2 Å². The van der Waals surface area contributed by atoms with E-state index in [0.717, 1.165) is 5.92 Å². The first kappa shape index (κ1) is 17.4. The van der Waals surface area contributed by atoms with E-state index in [2.05, 4.69) is 34.6 Å². The largest absolute Gasteiger partial charge is 0.0654 e. The summed E-state index contributed by atoms with van der Waals surface area (Å²) >= 11 is 0. The Labute approximate surface area is 127 Å². The van der Waals surface area contributed by atoms with Gasteiger partial charge in [-0.2, -0.15) is 0 Å². The van der Waals surface area contributed by atoms with Crippen LogP contribution in [0.1, 0.15) is 73.1 Å². The zero-order chi connectivity index (χ0) is 12.1. The van der Waals surface area contributed by atoms with E-state index in [1.54, 1.807) is 22.3 Å². The molecule has 0 radical (unpaired) electrons. The van der Waals surface area contributed by atoms with Crippen molar-refractivity contribution >= 4 is 0 Å². The van der Waals surface area contributed by atoms with Gasteiger partial charge < -0.3 is 0 Å². The van der Waals surface area contributed by atoms with Gasteiger partial charge in [-0.05, 0) is 56.6 Å². The zero-order valence-electron chi connectivity index (χ0n) is 12.3. The van der Waals surface area contributed by atoms with Crippen LogP contribution in [0.5, 0.6) is 0 Å². The van der Waals surface area contributed by atoms with Gasteiger partial charge in [0.2, 0.25) is 0 Å². The molecule has 0 saturated heterocycles. The smallest absolute Gasteiger partial charge is 0 e. The Bertz CT molecular complexity index is 297. The number of hydrogen-bond acceptors (Lipinski definition) is 0. The van der Waals surface area contributed by atoms with Crippen molar-refractivity contribution in [3.63, 3.8) is 0 Å². The Morgan fingerprint density at radius 3 is 2.00 bits per heavy atom. The number of rotatable bonds is 6. The summed E-state index contributed by atoms with van der Waals surface area (Å²) in [6.45, 7) is 11.7. The van der Waals surface area contributed by atoms with E-state index in [1.807, 2.05) is 0 Å². The van der Waals surface area contributed by atoms with Gasteiger partial charge in [0.25, 0.3) is 0 Å². The molecule has 1 heteroatoms. The maximum atomic E-state index is 2.39. The van der Waals surface area contributed by atoms with E-state index < -0.39 is 0 Å². The molecule has 0 heterocycles. The van der Waals surface area contributed by atoms with E-state index in [4.69, 9.17) is 0 Å². The van der Waals surface area contributed by atoms with Crippen LogP contribution >= 0.6 is 0 Å². The molecule has 0 aromatic carbocycles. The molecule has 1 aliphatic carbocycles. The molecule has 96 valence electrons. The topological polar surface area (TPSA) is 0 Å². The summed E-state index contributed by atoms with van der Waals surface area (Å²) in [5.41, 5.74) is 6.69. The van der Waals surface area contributed by atoms with Gasteiger partial charge in [-0.3, -0.25) is 0 Å². The summed E-state index contributed by atoms with van der Waals surface area (Å²) in [6.07, 6.45) is 7.93.